The van der Waals surface area contributed by atoms with Crippen molar-refractivity contribution in [2.24, 2.45) is 22.9 Å². The molecule has 8 nitrogen and oxygen atoms in total. The van der Waals surface area contributed by atoms with Gasteiger partial charge in [-0.1, -0.05) is 48.3 Å². The number of aliphatic hydroxyl groups is 2. The van der Waals surface area contributed by atoms with Crippen LogP contribution in [0.3, 0.4) is 0 Å². The fourth-order valence-corrected chi connectivity index (χ4v) is 10.5. The van der Waals surface area contributed by atoms with E-state index in [0.717, 1.165) is 84.8 Å². The largest absolute Gasteiger partial charge is 0.493 e. The highest BCUT2D eigenvalue weighted by molar-refractivity contribution is 8.00. The van der Waals surface area contributed by atoms with Gasteiger partial charge in [0.05, 0.1) is 30.1 Å². The monoisotopic (exact) mass is 758 g/mol. The Morgan fingerprint density at radius 3 is 2.55 bits per heavy atom. The van der Waals surface area contributed by atoms with Crippen LogP contribution < -0.4 is 9.47 Å². The average molecular weight is 759 g/mol. The van der Waals surface area contributed by atoms with Crippen LogP contribution in [0.4, 0.5) is 0 Å². The number of pyridine rings is 1. The Labute approximate surface area is 323 Å². The third-order valence-electron chi connectivity index (χ3n) is 10.6. The number of hydrogen-bond donors (Lipinski definition) is 2. The van der Waals surface area contributed by atoms with Crippen LogP contribution >= 0.6 is 23.5 Å². The van der Waals surface area contributed by atoms with Crippen molar-refractivity contribution < 1.29 is 29.3 Å². The Morgan fingerprint density at radius 2 is 1.79 bits per heavy atom. The summed E-state index contributed by atoms with van der Waals surface area (Å²) in [5.74, 6) is 2.75. The summed E-state index contributed by atoms with van der Waals surface area (Å²) in [6.07, 6.45) is 14.7. The van der Waals surface area contributed by atoms with Gasteiger partial charge in [0.15, 0.2) is 0 Å². The molecule has 53 heavy (non-hydrogen) atoms. The van der Waals surface area contributed by atoms with Crippen LogP contribution in [-0.2, 0) is 16.0 Å². The summed E-state index contributed by atoms with van der Waals surface area (Å²) in [5, 5.41) is 24.2. The number of aliphatic hydroxyl groups excluding tert-OH is 2. The van der Waals surface area contributed by atoms with Crippen molar-refractivity contribution in [1.82, 2.24) is 4.98 Å². The Morgan fingerprint density at radius 1 is 1.00 bits per heavy atom. The highest BCUT2D eigenvalue weighted by Gasteiger charge is 2.63. The van der Waals surface area contributed by atoms with Crippen molar-refractivity contribution in [3.05, 3.63) is 108 Å². The van der Waals surface area contributed by atoms with Crippen molar-refractivity contribution in [1.29, 1.82) is 0 Å². The first-order chi connectivity index (χ1) is 26.1. The van der Waals surface area contributed by atoms with Crippen molar-refractivity contribution in [3.63, 3.8) is 0 Å². The second kappa shape index (κ2) is 19.9. The minimum atomic E-state index is -0.979. The first kappa shape index (κ1) is 39.4. The van der Waals surface area contributed by atoms with Crippen molar-refractivity contribution in [3.8, 4) is 11.5 Å². The van der Waals surface area contributed by atoms with Gasteiger partial charge in [-0.25, -0.2) is 0 Å². The number of unbranched alkanes of at least 4 members (excludes halogenated alkanes) is 2. The predicted molar refractivity (Wildman–Crippen MR) is 215 cm³/mol. The van der Waals surface area contributed by atoms with Gasteiger partial charge < -0.3 is 29.3 Å². The second-order valence-electron chi connectivity index (χ2n) is 13.9. The molecule has 2 aromatic carbocycles. The lowest BCUT2D eigenvalue weighted by molar-refractivity contribution is -0.223. The number of oxime groups is 1. The summed E-state index contributed by atoms with van der Waals surface area (Å²) < 4.78 is 20.7. The standard InChI is InChI=1S/C43H54N2O6S2/c1-3-24-50-43-40(53-26-19-31-17-20-44-21-18-31)30-38(45-48-2)36-28-32(11-7-9-22-46)35(14-8-10-23-47)41(42(36)43)37-29-33(15-16-39(37)51-43)49-25-27-52-34-12-5-4-6-13-34/h3-6,12-13,15-18,20-21,28-29,32,35,40-42,46-47H,1,7-11,14,19,22-27,30H2,2H3/t32-,35+,40-,41+,42+,43+/m0/s1. The smallest absolute Gasteiger partial charge is 0.230 e. The first-order valence-corrected chi connectivity index (χ1v) is 21.1. The molecule has 2 aliphatic carbocycles. The summed E-state index contributed by atoms with van der Waals surface area (Å²) in [7, 11) is 1.62. The van der Waals surface area contributed by atoms with E-state index in [1.54, 1.807) is 18.9 Å². The molecule has 1 aliphatic heterocycles. The number of aryl methyl sites for hydroxylation is 1. The molecule has 284 valence electrons. The topological polar surface area (TPSA) is 103 Å². The lowest BCUT2D eigenvalue weighted by Gasteiger charge is -2.58. The number of ether oxygens (including phenoxy) is 3. The van der Waals surface area contributed by atoms with E-state index < -0.39 is 5.79 Å². The average Bonchev–Trinajstić information content (AvgIpc) is 3.19. The number of thioether (sulfide) groups is 2. The zero-order chi connectivity index (χ0) is 36.9. The molecule has 0 radical (unpaired) electrons. The SMILES string of the molecule is C=CCO[C@@]12Oc3ccc(OCCSc4ccccc4)cc3[C@H]3[C@H](CCCCO)[C@@H](CCCCO)C=C(C(=NOC)C[C@@H]1SCCc1ccncc1)[C@H]32. The predicted octanol–water partition coefficient (Wildman–Crippen LogP) is 8.49. The molecule has 0 unspecified atom stereocenters. The van der Waals surface area contributed by atoms with Crippen LogP contribution in [0.5, 0.6) is 11.5 Å². The number of rotatable bonds is 21. The van der Waals surface area contributed by atoms with E-state index in [4.69, 9.17) is 24.2 Å². The first-order valence-electron chi connectivity index (χ1n) is 19.0. The maximum absolute atomic E-state index is 9.86. The van der Waals surface area contributed by atoms with Gasteiger partial charge in [0.25, 0.3) is 0 Å². The highest BCUT2D eigenvalue weighted by Crippen LogP contribution is 2.62. The van der Waals surface area contributed by atoms with E-state index in [0.29, 0.717) is 19.6 Å². The summed E-state index contributed by atoms with van der Waals surface area (Å²) in [6.45, 7) is 5.31. The molecular weight excluding hydrogens is 705 g/mol. The second-order valence-corrected chi connectivity index (χ2v) is 16.4. The lowest BCUT2D eigenvalue weighted by atomic mass is 9.56. The zero-order valence-electron chi connectivity index (χ0n) is 30.8. The van der Waals surface area contributed by atoms with E-state index in [9.17, 15) is 10.2 Å². The van der Waals surface area contributed by atoms with Gasteiger partial charge in [-0.3, -0.25) is 4.98 Å². The van der Waals surface area contributed by atoms with Crippen LogP contribution in [0.25, 0.3) is 0 Å². The Balaban J connectivity index is 1.41. The molecule has 3 aromatic rings. The van der Waals surface area contributed by atoms with E-state index in [1.165, 1.54) is 10.5 Å². The zero-order valence-corrected chi connectivity index (χ0v) is 32.4. The van der Waals surface area contributed by atoms with Crippen LogP contribution in [0.15, 0.2) is 107 Å². The third kappa shape index (κ3) is 9.51. The quantitative estimate of drug-likeness (QED) is 0.0479. The lowest BCUT2D eigenvalue weighted by Crippen LogP contribution is -2.64. The third-order valence-corrected chi connectivity index (χ3v) is 13.0. The molecule has 1 saturated carbocycles. The molecule has 10 heteroatoms. The Hall–Kier alpha value is -3.28. The summed E-state index contributed by atoms with van der Waals surface area (Å²) >= 11 is 3.65. The van der Waals surface area contributed by atoms with E-state index in [1.807, 2.05) is 42.4 Å². The summed E-state index contributed by atoms with van der Waals surface area (Å²) in [5.41, 5.74) is 4.45. The fraction of sp³-hybridized carbons (Fsp3) is 0.488. The number of hydrogen-bond acceptors (Lipinski definition) is 10. The fourth-order valence-electron chi connectivity index (χ4n) is 8.38. The van der Waals surface area contributed by atoms with Gasteiger partial charge in [-0.2, -0.15) is 11.8 Å². The highest BCUT2D eigenvalue weighted by atomic mass is 32.2. The molecule has 0 spiro atoms. The minimum Gasteiger partial charge on any atom is -0.493 e. The number of nitrogens with zero attached hydrogens (tertiary/aromatic N) is 2. The maximum Gasteiger partial charge on any atom is 0.230 e. The van der Waals surface area contributed by atoms with Gasteiger partial charge in [0.2, 0.25) is 5.79 Å². The molecule has 6 atom stereocenters. The van der Waals surface area contributed by atoms with Crippen molar-refractivity contribution in [2.45, 2.75) is 73.2 Å². The maximum atomic E-state index is 9.86. The molecule has 2 N–H and O–H groups in total. The number of allylic oxidation sites excluding steroid dienone is 1. The van der Waals surface area contributed by atoms with Crippen LogP contribution in [-0.4, -0.2) is 77.0 Å². The normalized spacial score (nSPS) is 25.2. The Bertz CT molecular complexity index is 1660. The molecule has 1 fully saturated rings. The molecule has 0 amide bonds. The number of aromatic nitrogens is 1. The van der Waals surface area contributed by atoms with Gasteiger partial charge in [-0.05, 0) is 103 Å². The van der Waals surface area contributed by atoms with Gasteiger partial charge in [-0.15, -0.1) is 18.3 Å². The summed E-state index contributed by atoms with van der Waals surface area (Å²) in [4.78, 5) is 11.0. The molecule has 1 aromatic heterocycles. The van der Waals surface area contributed by atoms with Gasteiger partial charge in [0.1, 0.15) is 18.6 Å². The molecular formula is C43H54N2O6S2. The minimum absolute atomic E-state index is 0.0364. The van der Waals surface area contributed by atoms with Crippen LogP contribution in [0.2, 0.25) is 0 Å². The molecule has 6 rings (SSSR count). The Kier molecular flexibility index (Phi) is 14.8. The van der Waals surface area contributed by atoms with Gasteiger partial charge >= 0.3 is 0 Å². The molecule has 3 aliphatic rings. The van der Waals surface area contributed by atoms with Crippen LogP contribution in [0, 0.1) is 17.8 Å². The number of fused-ring (bicyclic) bond motifs is 2. The van der Waals surface area contributed by atoms with E-state index >= 15 is 0 Å². The van der Waals surface area contributed by atoms with Crippen molar-refractivity contribution in [2.75, 3.05) is 45.0 Å². The number of benzene rings is 2. The van der Waals surface area contributed by atoms with E-state index in [-0.39, 0.29) is 42.1 Å². The molecule has 2 heterocycles. The summed E-state index contributed by atoms with van der Waals surface area (Å²) in [6, 6.07) is 20.8. The molecule has 0 bridgehead atoms. The van der Waals surface area contributed by atoms with Gasteiger partial charge in [0, 0.05) is 54.2 Å². The molecule has 0 saturated heterocycles. The van der Waals surface area contributed by atoms with Crippen molar-refractivity contribution >= 4 is 29.2 Å². The van der Waals surface area contributed by atoms with Crippen LogP contribution in [0.1, 0.15) is 62.0 Å². The van der Waals surface area contributed by atoms with E-state index in [2.05, 4.69) is 66.2 Å².